The molecule has 122 valence electrons. The monoisotopic (exact) mass is 312 g/mol. The number of aliphatic hydroxyl groups excluding tert-OH is 1. The van der Waals surface area contributed by atoms with Crippen molar-refractivity contribution >= 4 is 5.91 Å². The summed E-state index contributed by atoms with van der Waals surface area (Å²) in [4.78, 5) is 14.6. The lowest BCUT2D eigenvalue weighted by molar-refractivity contribution is 0.0473. The first kappa shape index (κ1) is 15.8. The van der Waals surface area contributed by atoms with Crippen LogP contribution in [0.3, 0.4) is 0 Å². The number of hydrogen-bond donors (Lipinski definition) is 1. The van der Waals surface area contributed by atoms with Crippen LogP contribution in [0, 0.1) is 20.8 Å². The minimum Gasteiger partial charge on any atom is -0.391 e. The van der Waals surface area contributed by atoms with Crippen molar-refractivity contribution in [3.63, 3.8) is 0 Å². The molecule has 1 aromatic carbocycles. The molecule has 3 rings (SSSR count). The number of nitrogens with zero attached hydrogens (tertiary/aromatic N) is 2. The summed E-state index contributed by atoms with van der Waals surface area (Å²) in [6.45, 7) is 7.27. The van der Waals surface area contributed by atoms with Crippen LogP contribution >= 0.6 is 0 Å². The average Bonchev–Trinajstić information content (AvgIpc) is 2.82. The zero-order valence-electron chi connectivity index (χ0n) is 14.0. The highest BCUT2D eigenvalue weighted by Gasteiger charge is 2.26. The topological polar surface area (TPSA) is 45.5 Å². The molecule has 1 amide bonds. The second-order valence-corrected chi connectivity index (χ2v) is 6.45. The zero-order chi connectivity index (χ0) is 16.6. The van der Waals surface area contributed by atoms with Gasteiger partial charge in [-0.3, -0.25) is 4.79 Å². The molecule has 1 aliphatic rings. The molecule has 1 aromatic heterocycles. The number of aryl methyl sites for hydroxylation is 2. The molecule has 4 nitrogen and oxygen atoms in total. The molecular weight excluding hydrogens is 288 g/mol. The molecule has 0 radical (unpaired) electrons. The van der Waals surface area contributed by atoms with Gasteiger partial charge in [0.1, 0.15) is 0 Å². The van der Waals surface area contributed by atoms with Crippen LogP contribution in [0.15, 0.2) is 30.3 Å². The van der Waals surface area contributed by atoms with Gasteiger partial charge >= 0.3 is 0 Å². The highest BCUT2D eigenvalue weighted by molar-refractivity contribution is 5.96. The maximum absolute atomic E-state index is 12.8. The molecule has 4 heteroatoms. The predicted octanol–water partition coefficient (Wildman–Crippen LogP) is 3.00. The summed E-state index contributed by atoms with van der Waals surface area (Å²) in [5.74, 6) is 0.0247. The second kappa shape index (κ2) is 6.20. The zero-order valence-corrected chi connectivity index (χ0v) is 14.0. The van der Waals surface area contributed by atoms with Crippen molar-refractivity contribution < 1.29 is 9.90 Å². The first-order valence-corrected chi connectivity index (χ1v) is 8.21. The highest BCUT2D eigenvalue weighted by atomic mass is 16.3. The van der Waals surface area contributed by atoms with Crippen molar-refractivity contribution in [3.05, 3.63) is 52.8 Å². The SMILES string of the molecule is Cc1ccccc1-n1c(C)cc(C(=O)N2CCCC(O)C2)c1C. The van der Waals surface area contributed by atoms with Gasteiger partial charge in [0.15, 0.2) is 0 Å². The van der Waals surface area contributed by atoms with Crippen LogP contribution in [0.4, 0.5) is 0 Å². The quantitative estimate of drug-likeness (QED) is 0.926. The van der Waals surface area contributed by atoms with Gasteiger partial charge in [0.25, 0.3) is 5.91 Å². The van der Waals surface area contributed by atoms with Gasteiger partial charge in [0.05, 0.1) is 11.7 Å². The Kier molecular flexibility index (Phi) is 4.26. The van der Waals surface area contributed by atoms with Crippen LogP contribution < -0.4 is 0 Å². The Balaban J connectivity index is 1.98. The van der Waals surface area contributed by atoms with Crippen molar-refractivity contribution in [2.24, 2.45) is 0 Å². The fraction of sp³-hybridized carbons (Fsp3) is 0.421. The van der Waals surface area contributed by atoms with Crippen LogP contribution in [0.2, 0.25) is 0 Å². The van der Waals surface area contributed by atoms with E-state index in [2.05, 4.69) is 23.6 Å². The van der Waals surface area contributed by atoms with Crippen molar-refractivity contribution in [2.45, 2.75) is 39.7 Å². The largest absolute Gasteiger partial charge is 0.391 e. The van der Waals surface area contributed by atoms with Crippen LogP contribution in [0.25, 0.3) is 5.69 Å². The summed E-state index contributed by atoms with van der Waals surface area (Å²) in [5, 5.41) is 9.82. The Bertz CT molecular complexity index is 733. The molecule has 0 aliphatic carbocycles. The van der Waals surface area contributed by atoms with E-state index < -0.39 is 6.10 Å². The van der Waals surface area contributed by atoms with Gasteiger partial charge in [-0.15, -0.1) is 0 Å². The molecule has 0 saturated carbocycles. The number of rotatable bonds is 2. The number of para-hydroxylation sites is 1. The average molecular weight is 312 g/mol. The molecule has 1 unspecified atom stereocenters. The van der Waals surface area contributed by atoms with E-state index in [1.54, 1.807) is 4.90 Å². The van der Waals surface area contributed by atoms with Gasteiger partial charge < -0.3 is 14.6 Å². The lowest BCUT2D eigenvalue weighted by Crippen LogP contribution is -2.42. The Morgan fingerprint density at radius 3 is 2.65 bits per heavy atom. The number of carbonyl (C=O) groups is 1. The molecule has 1 fully saturated rings. The third-order valence-corrected chi connectivity index (χ3v) is 4.70. The van der Waals surface area contributed by atoms with E-state index >= 15 is 0 Å². The first-order chi connectivity index (χ1) is 11.0. The van der Waals surface area contributed by atoms with E-state index in [-0.39, 0.29) is 5.91 Å². The third kappa shape index (κ3) is 2.91. The van der Waals surface area contributed by atoms with Gasteiger partial charge in [-0.2, -0.15) is 0 Å². The molecule has 0 spiro atoms. The summed E-state index contributed by atoms with van der Waals surface area (Å²) < 4.78 is 2.14. The van der Waals surface area contributed by atoms with Gasteiger partial charge in [-0.25, -0.2) is 0 Å². The van der Waals surface area contributed by atoms with Crippen molar-refractivity contribution in [1.29, 1.82) is 0 Å². The number of benzene rings is 1. The van der Waals surface area contributed by atoms with E-state index in [9.17, 15) is 9.90 Å². The smallest absolute Gasteiger partial charge is 0.255 e. The lowest BCUT2D eigenvalue weighted by Gasteiger charge is -2.30. The van der Waals surface area contributed by atoms with E-state index in [1.807, 2.05) is 32.0 Å². The van der Waals surface area contributed by atoms with Crippen LogP contribution in [-0.2, 0) is 0 Å². The van der Waals surface area contributed by atoms with Gasteiger partial charge in [-0.1, -0.05) is 18.2 Å². The second-order valence-electron chi connectivity index (χ2n) is 6.45. The van der Waals surface area contributed by atoms with Crippen LogP contribution in [0.1, 0.15) is 40.2 Å². The van der Waals surface area contributed by atoms with Crippen molar-refractivity contribution in [1.82, 2.24) is 9.47 Å². The Hall–Kier alpha value is -2.07. The number of amides is 1. The molecule has 2 heterocycles. The number of hydrogen-bond acceptors (Lipinski definition) is 2. The molecule has 1 atom stereocenters. The minimum atomic E-state index is -0.396. The fourth-order valence-electron chi connectivity index (χ4n) is 3.47. The summed E-state index contributed by atoms with van der Waals surface area (Å²) in [5.41, 5.74) is 5.04. The maximum atomic E-state index is 12.8. The van der Waals surface area contributed by atoms with Gasteiger partial charge in [-0.05, 0) is 51.3 Å². The number of likely N-dealkylation sites (tertiary alicyclic amines) is 1. The predicted molar refractivity (Wildman–Crippen MR) is 91.1 cm³/mol. The number of piperidine rings is 1. The molecule has 1 aliphatic heterocycles. The summed E-state index contributed by atoms with van der Waals surface area (Å²) >= 11 is 0. The van der Waals surface area contributed by atoms with E-state index in [1.165, 1.54) is 5.56 Å². The van der Waals surface area contributed by atoms with Gasteiger partial charge in [0, 0.05) is 30.2 Å². The van der Waals surface area contributed by atoms with E-state index in [4.69, 9.17) is 0 Å². The Labute approximate surface area is 137 Å². The van der Waals surface area contributed by atoms with Crippen molar-refractivity contribution in [2.75, 3.05) is 13.1 Å². The van der Waals surface area contributed by atoms with Crippen LogP contribution in [-0.4, -0.2) is 39.7 Å². The Morgan fingerprint density at radius 2 is 1.96 bits per heavy atom. The van der Waals surface area contributed by atoms with Gasteiger partial charge in [0.2, 0.25) is 0 Å². The number of aromatic nitrogens is 1. The summed E-state index contributed by atoms with van der Waals surface area (Å²) in [7, 11) is 0. The minimum absolute atomic E-state index is 0.0247. The number of β-amino-alcohol motifs (C(OH)–C–C–N with tert-alkyl or cyclic N) is 1. The third-order valence-electron chi connectivity index (χ3n) is 4.70. The fourth-order valence-corrected chi connectivity index (χ4v) is 3.47. The van der Waals surface area contributed by atoms with E-state index in [0.29, 0.717) is 6.54 Å². The van der Waals surface area contributed by atoms with Crippen LogP contribution in [0.5, 0.6) is 0 Å². The lowest BCUT2D eigenvalue weighted by atomic mass is 10.1. The van der Waals surface area contributed by atoms with Crippen molar-refractivity contribution in [3.8, 4) is 5.69 Å². The Morgan fingerprint density at radius 1 is 1.22 bits per heavy atom. The maximum Gasteiger partial charge on any atom is 0.255 e. The molecule has 2 aromatic rings. The highest BCUT2D eigenvalue weighted by Crippen LogP contribution is 2.25. The standard InChI is InChI=1S/C19H24N2O2/c1-13-7-4-5-9-18(13)21-14(2)11-17(15(21)3)19(23)20-10-6-8-16(22)12-20/h4-5,7,9,11,16,22H,6,8,10,12H2,1-3H3. The molecule has 1 N–H and O–H groups in total. The van der Waals surface area contributed by atoms with E-state index in [0.717, 1.165) is 42.0 Å². The molecule has 1 saturated heterocycles. The molecule has 23 heavy (non-hydrogen) atoms. The summed E-state index contributed by atoms with van der Waals surface area (Å²) in [6.07, 6.45) is 1.25. The normalized spacial score (nSPS) is 18.3. The molecular formula is C19H24N2O2. The number of aliphatic hydroxyl groups is 1. The summed E-state index contributed by atoms with van der Waals surface area (Å²) in [6, 6.07) is 10.2. The molecule has 0 bridgehead atoms. The number of carbonyl (C=O) groups excluding carboxylic acids is 1. The first-order valence-electron chi connectivity index (χ1n) is 8.21.